The van der Waals surface area contributed by atoms with Gasteiger partial charge in [-0.3, -0.25) is 0 Å². The Morgan fingerprint density at radius 3 is 2.72 bits per heavy atom. The van der Waals surface area contributed by atoms with E-state index in [9.17, 15) is 8.78 Å². The van der Waals surface area contributed by atoms with Gasteiger partial charge >= 0.3 is 0 Å². The van der Waals surface area contributed by atoms with Gasteiger partial charge in [-0.05, 0) is 18.2 Å². The Bertz CT molecular complexity index is 575. The molecule has 1 aromatic heterocycles. The van der Waals surface area contributed by atoms with Gasteiger partial charge < -0.3 is 5.73 Å². The van der Waals surface area contributed by atoms with E-state index in [-0.39, 0.29) is 4.90 Å². The van der Waals surface area contributed by atoms with E-state index in [1.807, 2.05) is 6.92 Å². The van der Waals surface area contributed by atoms with Crippen molar-refractivity contribution < 1.29 is 8.78 Å². The van der Waals surface area contributed by atoms with Gasteiger partial charge in [-0.25, -0.2) is 18.7 Å². The standard InChI is InChI=1S/C12H11F2N3S/c1-2-11-16-10(15)6-12(17-11)18-9-5-7(13)3-4-8(9)14/h3-6H,2H2,1H3,(H2,15,16,17). The quantitative estimate of drug-likeness (QED) is 0.868. The van der Waals surface area contributed by atoms with Crippen LogP contribution >= 0.6 is 11.8 Å². The zero-order chi connectivity index (χ0) is 13.1. The molecule has 2 N–H and O–H groups in total. The third-order valence-corrected chi connectivity index (χ3v) is 3.14. The summed E-state index contributed by atoms with van der Waals surface area (Å²) in [6.45, 7) is 1.89. The number of benzene rings is 1. The average molecular weight is 267 g/mol. The predicted octanol–water partition coefficient (Wildman–Crippen LogP) is 3.05. The van der Waals surface area contributed by atoms with E-state index in [1.165, 1.54) is 6.07 Å². The predicted molar refractivity (Wildman–Crippen MR) is 66.3 cm³/mol. The lowest BCUT2D eigenvalue weighted by Crippen LogP contribution is -1.99. The number of nitrogens with two attached hydrogens (primary N) is 1. The Hall–Kier alpha value is -1.69. The number of hydrogen-bond donors (Lipinski definition) is 1. The van der Waals surface area contributed by atoms with Crippen LogP contribution in [0.3, 0.4) is 0 Å². The lowest BCUT2D eigenvalue weighted by atomic mass is 10.3. The monoisotopic (exact) mass is 267 g/mol. The van der Waals surface area contributed by atoms with Crippen LogP contribution in [0.1, 0.15) is 12.7 Å². The molecule has 2 rings (SSSR count). The maximum Gasteiger partial charge on any atom is 0.137 e. The molecule has 0 spiro atoms. The first-order chi connectivity index (χ1) is 8.58. The van der Waals surface area contributed by atoms with E-state index in [1.54, 1.807) is 0 Å². The fourth-order valence-electron chi connectivity index (χ4n) is 1.37. The van der Waals surface area contributed by atoms with Crippen LogP contribution in [0, 0.1) is 11.6 Å². The van der Waals surface area contributed by atoms with Crippen LogP contribution in [-0.2, 0) is 6.42 Å². The molecule has 0 amide bonds. The third kappa shape index (κ3) is 2.95. The van der Waals surface area contributed by atoms with Crippen LogP contribution in [0.25, 0.3) is 0 Å². The van der Waals surface area contributed by atoms with Crippen LogP contribution in [0.4, 0.5) is 14.6 Å². The first kappa shape index (κ1) is 12.8. The van der Waals surface area contributed by atoms with Crippen molar-refractivity contribution in [1.82, 2.24) is 9.97 Å². The molecule has 0 bridgehead atoms. The molecule has 1 aromatic carbocycles. The molecular weight excluding hydrogens is 256 g/mol. The third-order valence-electron chi connectivity index (χ3n) is 2.19. The van der Waals surface area contributed by atoms with Gasteiger partial charge in [-0.1, -0.05) is 18.7 Å². The number of anilines is 1. The molecule has 0 fully saturated rings. The van der Waals surface area contributed by atoms with Crippen molar-refractivity contribution in [3.8, 4) is 0 Å². The minimum Gasteiger partial charge on any atom is -0.384 e. The highest BCUT2D eigenvalue weighted by atomic mass is 32.2. The lowest BCUT2D eigenvalue weighted by Gasteiger charge is -2.05. The molecule has 0 aliphatic rings. The van der Waals surface area contributed by atoms with Crippen molar-refractivity contribution >= 4 is 17.6 Å². The summed E-state index contributed by atoms with van der Waals surface area (Å²) in [5.41, 5.74) is 5.62. The largest absolute Gasteiger partial charge is 0.384 e. The van der Waals surface area contributed by atoms with Gasteiger partial charge in [0.25, 0.3) is 0 Å². The van der Waals surface area contributed by atoms with Gasteiger partial charge in [-0.15, -0.1) is 0 Å². The van der Waals surface area contributed by atoms with Crippen LogP contribution in [-0.4, -0.2) is 9.97 Å². The summed E-state index contributed by atoms with van der Waals surface area (Å²) in [5.74, 6) is -0.0799. The normalized spacial score (nSPS) is 10.6. The summed E-state index contributed by atoms with van der Waals surface area (Å²) in [6, 6.07) is 4.83. The summed E-state index contributed by atoms with van der Waals surface area (Å²) in [4.78, 5) is 8.40. The Balaban J connectivity index is 2.33. The second kappa shape index (κ2) is 5.30. The molecule has 6 heteroatoms. The Morgan fingerprint density at radius 2 is 2.00 bits per heavy atom. The minimum absolute atomic E-state index is 0.176. The molecule has 1 heterocycles. The second-order valence-corrected chi connectivity index (χ2v) is 4.64. The van der Waals surface area contributed by atoms with E-state index in [0.29, 0.717) is 23.1 Å². The van der Waals surface area contributed by atoms with Crippen molar-refractivity contribution in [2.45, 2.75) is 23.3 Å². The summed E-state index contributed by atoms with van der Waals surface area (Å²) in [5, 5.41) is 0.504. The minimum atomic E-state index is -0.489. The Labute approximate surface area is 107 Å². The van der Waals surface area contributed by atoms with Gasteiger partial charge in [0.1, 0.15) is 28.3 Å². The molecule has 94 valence electrons. The summed E-state index contributed by atoms with van der Waals surface area (Å²) >= 11 is 1.03. The molecule has 0 atom stereocenters. The molecule has 0 saturated heterocycles. The molecule has 0 saturated carbocycles. The number of aryl methyl sites for hydroxylation is 1. The highest BCUT2D eigenvalue weighted by molar-refractivity contribution is 7.99. The van der Waals surface area contributed by atoms with Crippen LogP contribution < -0.4 is 5.73 Å². The Morgan fingerprint density at radius 1 is 1.22 bits per heavy atom. The highest BCUT2D eigenvalue weighted by Crippen LogP contribution is 2.29. The van der Waals surface area contributed by atoms with Gasteiger partial charge in [-0.2, -0.15) is 0 Å². The maximum atomic E-state index is 13.5. The van der Waals surface area contributed by atoms with E-state index in [4.69, 9.17) is 5.73 Å². The van der Waals surface area contributed by atoms with Gasteiger partial charge in [0, 0.05) is 12.5 Å². The maximum absolute atomic E-state index is 13.5. The molecule has 0 radical (unpaired) electrons. The molecule has 0 aliphatic carbocycles. The smallest absolute Gasteiger partial charge is 0.137 e. The zero-order valence-corrected chi connectivity index (χ0v) is 10.5. The van der Waals surface area contributed by atoms with E-state index >= 15 is 0 Å². The van der Waals surface area contributed by atoms with E-state index in [2.05, 4.69) is 9.97 Å². The summed E-state index contributed by atoms with van der Waals surface area (Å²) in [6.07, 6.45) is 0.629. The molecule has 0 aliphatic heterocycles. The van der Waals surface area contributed by atoms with Crippen molar-refractivity contribution in [3.63, 3.8) is 0 Å². The van der Waals surface area contributed by atoms with Crippen LogP contribution in [0.2, 0.25) is 0 Å². The van der Waals surface area contributed by atoms with E-state index in [0.717, 1.165) is 30.0 Å². The number of hydrogen-bond acceptors (Lipinski definition) is 4. The van der Waals surface area contributed by atoms with Gasteiger partial charge in [0.2, 0.25) is 0 Å². The van der Waals surface area contributed by atoms with Crippen molar-refractivity contribution in [3.05, 3.63) is 41.7 Å². The van der Waals surface area contributed by atoms with E-state index < -0.39 is 11.6 Å². The number of aromatic nitrogens is 2. The zero-order valence-electron chi connectivity index (χ0n) is 9.65. The first-order valence-electron chi connectivity index (χ1n) is 5.35. The van der Waals surface area contributed by atoms with Crippen molar-refractivity contribution in [2.24, 2.45) is 0 Å². The summed E-state index contributed by atoms with van der Waals surface area (Å²) < 4.78 is 26.5. The number of nitrogen functional groups attached to an aromatic ring is 1. The Kier molecular flexibility index (Phi) is 3.76. The lowest BCUT2D eigenvalue weighted by molar-refractivity contribution is 0.577. The fraction of sp³-hybridized carbons (Fsp3) is 0.167. The number of halogens is 2. The van der Waals surface area contributed by atoms with Crippen LogP contribution in [0.5, 0.6) is 0 Å². The van der Waals surface area contributed by atoms with Gasteiger partial charge in [0.15, 0.2) is 0 Å². The number of nitrogens with zero attached hydrogens (tertiary/aromatic N) is 2. The second-order valence-electron chi connectivity index (χ2n) is 3.58. The van der Waals surface area contributed by atoms with Crippen molar-refractivity contribution in [1.29, 1.82) is 0 Å². The molecule has 2 aromatic rings. The van der Waals surface area contributed by atoms with Crippen LogP contribution in [0.15, 0.2) is 34.2 Å². The molecule has 18 heavy (non-hydrogen) atoms. The average Bonchev–Trinajstić information content (AvgIpc) is 2.33. The summed E-state index contributed by atoms with van der Waals surface area (Å²) in [7, 11) is 0. The first-order valence-corrected chi connectivity index (χ1v) is 6.16. The fourth-order valence-corrected chi connectivity index (χ4v) is 2.26. The molecular formula is C12H11F2N3S. The molecule has 0 unspecified atom stereocenters. The highest BCUT2D eigenvalue weighted by Gasteiger charge is 2.08. The molecule has 3 nitrogen and oxygen atoms in total. The SMILES string of the molecule is CCc1nc(N)cc(Sc2cc(F)ccc2F)n1. The number of rotatable bonds is 3. The topological polar surface area (TPSA) is 51.8 Å². The van der Waals surface area contributed by atoms with Crippen molar-refractivity contribution in [2.75, 3.05) is 5.73 Å². The van der Waals surface area contributed by atoms with Gasteiger partial charge in [0.05, 0.1) is 4.90 Å².